The number of aliphatic imine (C=N–C) groups is 1. The van der Waals surface area contributed by atoms with Gasteiger partial charge in [0.1, 0.15) is 0 Å². The van der Waals surface area contributed by atoms with Crippen LogP contribution in [0.2, 0.25) is 0 Å². The molecule has 2 rings (SSSR count). The zero-order valence-corrected chi connectivity index (χ0v) is 20.3. The van der Waals surface area contributed by atoms with Crippen LogP contribution in [0.3, 0.4) is 0 Å². The van der Waals surface area contributed by atoms with E-state index in [9.17, 15) is 0 Å². The van der Waals surface area contributed by atoms with Gasteiger partial charge in [0.25, 0.3) is 0 Å². The van der Waals surface area contributed by atoms with Crippen molar-refractivity contribution in [2.24, 2.45) is 4.99 Å². The van der Waals surface area contributed by atoms with Crippen LogP contribution in [-0.4, -0.2) is 33.8 Å². The minimum absolute atomic E-state index is 0. The molecule has 0 spiro atoms. The van der Waals surface area contributed by atoms with Crippen molar-refractivity contribution < 1.29 is 14.2 Å². The van der Waals surface area contributed by atoms with Crippen molar-refractivity contribution in [3.63, 3.8) is 0 Å². The summed E-state index contributed by atoms with van der Waals surface area (Å²) in [5.41, 5.74) is 0.928. The van der Waals surface area contributed by atoms with E-state index in [2.05, 4.69) is 41.6 Å². The molecule has 0 bridgehead atoms. The first-order valence-corrected chi connectivity index (χ1v) is 9.86. The van der Waals surface area contributed by atoms with Crippen molar-refractivity contribution in [1.29, 1.82) is 0 Å². The lowest BCUT2D eigenvalue weighted by atomic mass is 10.1. The highest BCUT2D eigenvalue weighted by molar-refractivity contribution is 14.0. The van der Waals surface area contributed by atoms with Crippen LogP contribution < -0.4 is 24.8 Å². The number of benzene rings is 1. The van der Waals surface area contributed by atoms with Gasteiger partial charge in [-0.2, -0.15) is 0 Å². The largest absolute Gasteiger partial charge is 0.493 e. The normalized spacial score (nSPS) is 10.8. The van der Waals surface area contributed by atoms with Crippen molar-refractivity contribution in [1.82, 2.24) is 10.6 Å². The van der Waals surface area contributed by atoms with E-state index in [-0.39, 0.29) is 24.0 Å². The van der Waals surface area contributed by atoms with Gasteiger partial charge in [-0.3, -0.25) is 0 Å². The number of halogens is 1. The topological polar surface area (TPSA) is 64.1 Å². The Balaban J connectivity index is 0.00000392. The molecule has 8 heteroatoms. The van der Waals surface area contributed by atoms with Gasteiger partial charge in [-0.15, -0.1) is 35.3 Å². The Morgan fingerprint density at radius 1 is 0.929 bits per heavy atom. The Labute approximate surface area is 188 Å². The molecule has 0 aliphatic heterocycles. The molecule has 1 aromatic heterocycles. The number of hydrogen-bond donors (Lipinski definition) is 2. The van der Waals surface area contributed by atoms with Crippen LogP contribution in [-0.2, 0) is 19.5 Å². The molecule has 1 heterocycles. The number of aryl methyl sites for hydroxylation is 1. The molecule has 6 nitrogen and oxygen atoms in total. The lowest BCUT2D eigenvalue weighted by molar-refractivity contribution is 0.322. The maximum Gasteiger partial charge on any atom is 0.203 e. The predicted molar refractivity (Wildman–Crippen MR) is 127 cm³/mol. The fourth-order valence-electron chi connectivity index (χ4n) is 2.67. The minimum Gasteiger partial charge on any atom is -0.493 e. The second-order valence-electron chi connectivity index (χ2n) is 5.76. The molecular formula is C20H30IN3O3S. The van der Waals surface area contributed by atoms with Gasteiger partial charge in [-0.1, -0.05) is 6.92 Å². The third kappa shape index (κ3) is 6.44. The first-order chi connectivity index (χ1) is 13.2. The molecule has 0 unspecified atom stereocenters. The van der Waals surface area contributed by atoms with E-state index in [1.807, 2.05) is 23.5 Å². The summed E-state index contributed by atoms with van der Waals surface area (Å²) in [6.07, 6.45) is 1.07. The Kier molecular flexibility index (Phi) is 11.1. The zero-order valence-electron chi connectivity index (χ0n) is 17.1. The molecule has 0 aliphatic rings. The van der Waals surface area contributed by atoms with E-state index >= 15 is 0 Å². The molecule has 0 amide bonds. The van der Waals surface area contributed by atoms with Gasteiger partial charge in [0, 0.05) is 21.9 Å². The summed E-state index contributed by atoms with van der Waals surface area (Å²) in [7, 11) is 4.83. The fraction of sp³-hybridized carbons (Fsp3) is 0.450. The van der Waals surface area contributed by atoms with Gasteiger partial charge in [-0.25, -0.2) is 4.99 Å². The van der Waals surface area contributed by atoms with Crippen molar-refractivity contribution in [3.8, 4) is 17.2 Å². The van der Waals surface area contributed by atoms with E-state index < -0.39 is 0 Å². The molecule has 2 aromatic rings. The number of thiophene rings is 1. The molecule has 0 saturated heterocycles. The highest BCUT2D eigenvalue weighted by atomic mass is 127. The average Bonchev–Trinajstić information content (AvgIpc) is 3.17. The molecule has 28 heavy (non-hydrogen) atoms. The Morgan fingerprint density at radius 3 is 2.21 bits per heavy atom. The quantitative estimate of drug-likeness (QED) is 0.295. The summed E-state index contributed by atoms with van der Waals surface area (Å²) in [6, 6.07) is 8.15. The SMILES string of the molecule is CCNC(=NCc1ccc(OC)c(OC)c1OC)NCc1ccc(CC)s1.I. The number of hydrogen-bond acceptors (Lipinski definition) is 5. The van der Waals surface area contributed by atoms with Crippen molar-refractivity contribution >= 4 is 41.3 Å². The van der Waals surface area contributed by atoms with E-state index in [1.165, 1.54) is 9.75 Å². The van der Waals surface area contributed by atoms with Gasteiger partial charge in [0.15, 0.2) is 17.5 Å². The van der Waals surface area contributed by atoms with Gasteiger partial charge < -0.3 is 24.8 Å². The molecule has 0 radical (unpaired) electrons. The molecule has 2 N–H and O–H groups in total. The molecule has 1 aromatic carbocycles. The number of nitrogens with one attached hydrogen (secondary N) is 2. The Bertz CT molecular complexity index is 765. The summed E-state index contributed by atoms with van der Waals surface area (Å²) in [5, 5.41) is 6.67. The Morgan fingerprint density at radius 2 is 1.64 bits per heavy atom. The Hall–Kier alpha value is -1.68. The number of methoxy groups -OCH3 is 3. The van der Waals surface area contributed by atoms with Gasteiger partial charge >= 0.3 is 0 Å². The van der Waals surface area contributed by atoms with Crippen LogP contribution in [0.5, 0.6) is 17.2 Å². The average molecular weight is 519 g/mol. The van der Waals surface area contributed by atoms with Crippen molar-refractivity contribution in [2.45, 2.75) is 33.4 Å². The summed E-state index contributed by atoms with van der Waals surface area (Å²) in [5.74, 6) is 2.62. The third-order valence-corrected chi connectivity index (χ3v) is 5.26. The van der Waals surface area contributed by atoms with Crippen LogP contribution in [0.4, 0.5) is 0 Å². The standard InChI is InChI=1S/C20H29N3O3S.HI/c1-6-15-9-10-16(27-15)13-23-20(21-7-2)22-12-14-8-11-17(24-3)19(26-5)18(14)25-4;/h8-11H,6-7,12-13H2,1-5H3,(H2,21,22,23);1H. The summed E-state index contributed by atoms with van der Waals surface area (Å²) in [6.45, 7) is 6.22. The summed E-state index contributed by atoms with van der Waals surface area (Å²) in [4.78, 5) is 7.37. The second-order valence-corrected chi connectivity index (χ2v) is 7.02. The number of guanidine groups is 1. The van der Waals surface area contributed by atoms with E-state index in [1.54, 1.807) is 21.3 Å². The zero-order chi connectivity index (χ0) is 19.6. The molecule has 0 saturated carbocycles. The van der Waals surface area contributed by atoms with Crippen molar-refractivity contribution in [3.05, 3.63) is 39.6 Å². The number of ether oxygens (including phenoxy) is 3. The van der Waals surface area contributed by atoms with Crippen LogP contribution in [0.15, 0.2) is 29.3 Å². The van der Waals surface area contributed by atoms with Crippen molar-refractivity contribution in [2.75, 3.05) is 27.9 Å². The molecular weight excluding hydrogens is 489 g/mol. The molecule has 0 aliphatic carbocycles. The highest BCUT2D eigenvalue weighted by Gasteiger charge is 2.15. The van der Waals surface area contributed by atoms with Gasteiger partial charge in [0.05, 0.1) is 34.4 Å². The summed E-state index contributed by atoms with van der Waals surface area (Å²) >= 11 is 1.83. The summed E-state index contributed by atoms with van der Waals surface area (Å²) < 4.78 is 16.3. The van der Waals surface area contributed by atoms with Gasteiger partial charge in [-0.05, 0) is 37.6 Å². The second kappa shape index (κ2) is 12.7. The van der Waals surface area contributed by atoms with Crippen LogP contribution in [0.25, 0.3) is 0 Å². The maximum absolute atomic E-state index is 5.53. The minimum atomic E-state index is 0. The van der Waals surface area contributed by atoms with Crippen LogP contribution in [0, 0.1) is 0 Å². The van der Waals surface area contributed by atoms with Gasteiger partial charge in [0.2, 0.25) is 5.75 Å². The molecule has 156 valence electrons. The number of nitrogens with zero attached hydrogens (tertiary/aromatic N) is 1. The lowest BCUT2D eigenvalue weighted by Crippen LogP contribution is -2.36. The monoisotopic (exact) mass is 519 g/mol. The highest BCUT2D eigenvalue weighted by Crippen LogP contribution is 2.39. The number of rotatable bonds is 9. The van der Waals surface area contributed by atoms with E-state index in [0.717, 1.165) is 31.0 Å². The first-order valence-electron chi connectivity index (χ1n) is 9.04. The van der Waals surface area contributed by atoms with Crippen LogP contribution >= 0.6 is 35.3 Å². The van der Waals surface area contributed by atoms with E-state index in [0.29, 0.717) is 23.8 Å². The maximum atomic E-state index is 5.53. The lowest BCUT2D eigenvalue weighted by Gasteiger charge is -2.15. The third-order valence-electron chi connectivity index (χ3n) is 4.03. The smallest absolute Gasteiger partial charge is 0.203 e. The first kappa shape index (κ1) is 24.4. The fourth-order valence-corrected chi connectivity index (χ4v) is 3.57. The molecule has 0 fully saturated rings. The predicted octanol–water partition coefficient (Wildman–Crippen LogP) is 4.21. The van der Waals surface area contributed by atoms with E-state index in [4.69, 9.17) is 14.2 Å². The van der Waals surface area contributed by atoms with Crippen LogP contribution in [0.1, 0.15) is 29.2 Å². The molecule has 0 atom stereocenters.